The third-order valence-corrected chi connectivity index (χ3v) is 17.7. The molecule has 11 aromatic carbocycles. The third-order valence-electron chi connectivity index (χ3n) is 17.7. The number of fused-ring (bicyclic) bond motifs is 19. The number of benzene rings is 11. The molecule has 2 heteroatoms. The van der Waals surface area contributed by atoms with Crippen molar-refractivity contribution in [2.24, 2.45) is 0 Å². The number of hydrogen-bond donors (Lipinski definition) is 0. The molecule has 3 aliphatic carbocycles. The van der Waals surface area contributed by atoms with Crippen LogP contribution in [0, 0.1) is 0 Å². The van der Waals surface area contributed by atoms with Crippen molar-refractivity contribution < 1.29 is 4.74 Å². The quantitative estimate of drug-likeness (QED) is 0.170. The lowest BCUT2D eigenvalue weighted by molar-refractivity contribution is 0.437. The Morgan fingerprint density at radius 2 is 0.692 bits per heavy atom. The Hall–Kier alpha value is -8.98. The normalized spacial score (nSPS) is 14.3. The minimum Gasteiger partial charge on any atom is -0.456 e. The van der Waals surface area contributed by atoms with E-state index in [2.05, 4.69) is 295 Å². The van der Waals surface area contributed by atoms with E-state index in [4.69, 9.17) is 4.74 Å². The highest BCUT2D eigenvalue weighted by molar-refractivity contribution is 6.00. The molecule has 0 saturated carbocycles. The average molecular weight is 1000 g/mol. The molecule has 0 radical (unpaired) electrons. The summed E-state index contributed by atoms with van der Waals surface area (Å²) in [6, 6.07) is 93.6. The van der Waals surface area contributed by atoms with Gasteiger partial charge in [0.1, 0.15) is 11.5 Å². The summed E-state index contributed by atoms with van der Waals surface area (Å²) in [5.41, 5.74) is 26.8. The van der Waals surface area contributed by atoms with Crippen molar-refractivity contribution >= 4 is 17.1 Å². The van der Waals surface area contributed by atoms with Crippen LogP contribution >= 0.6 is 0 Å². The predicted octanol–water partition coefficient (Wildman–Crippen LogP) is 19.9. The zero-order valence-electron chi connectivity index (χ0n) is 45.0. The molecule has 374 valence electrons. The van der Waals surface area contributed by atoms with E-state index in [-0.39, 0.29) is 10.8 Å². The van der Waals surface area contributed by atoms with Crippen LogP contribution in [0.5, 0.6) is 11.5 Å². The highest BCUT2D eigenvalue weighted by Gasteiger charge is 2.54. The van der Waals surface area contributed by atoms with Crippen LogP contribution in [0.4, 0.5) is 17.1 Å². The molecule has 0 bridgehead atoms. The second-order valence-corrected chi connectivity index (χ2v) is 23.9. The highest BCUT2D eigenvalue weighted by atomic mass is 16.5. The largest absolute Gasteiger partial charge is 0.456 e. The Labute approximate surface area is 459 Å². The zero-order chi connectivity index (χ0) is 52.7. The van der Waals surface area contributed by atoms with E-state index in [1.807, 2.05) is 0 Å². The molecule has 2 nitrogen and oxygen atoms in total. The van der Waals surface area contributed by atoms with Gasteiger partial charge in [-0.15, -0.1) is 0 Å². The van der Waals surface area contributed by atoms with Gasteiger partial charge in [-0.1, -0.05) is 260 Å². The maximum Gasteiger partial charge on any atom is 0.140 e. The van der Waals surface area contributed by atoms with Gasteiger partial charge in [0.25, 0.3) is 0 Å². The molecule has 1 aliphatic heterocycles. The molecule has 0 N–H and O–H groups in total. The van der Waals surface area contributed by atoms with Gasteiger partial charge in [-0.25, -0.2) is 0 Å². The average Bonchev–Trinajstić information content (AvgIpc) is 3.51. The van der Waals surface area contributed by atoms with Gasteiger partial charge in [-0.2, -0.15) is 0 Å². The Balaban J connectivity index is 1.01. The van der Waals surface area contributed by atoms with Crippen LogP contribution in [0.2, 0.25) is 0 Å². The van der Waals surface area contributed by atoms with Crippen LogP contribution in [0.1, 0.15) is 97.2 Å². The van der Waals surface area contributed by atoms with Gasteiger partial charge < -0.3 is 9.64 Å². The maximum atomic E-state index is 7.52. The van der Waals surface area contributed by atoms with E-state index in [1.54, 1.807) is 0 Å². The van der Waals surface area contributed by atoms with E-state index in [0.29, 0.717) is 0 Å². The van der Waals surface area contributed by atoms with Gasteiger partial charge in [-0.3, -0.25) is 0 Å². The molecular formula is C76H59NO. The Morgan fingerprint density at radius 3 is 1.26 bits per heavy atom. The van der Waals surface area contributed by atoms with Crippen LogP contribution in [-0.4, -0.2) is 0 Å². The molecule has 0 aromatic heterocycles. The van der Waals surface area contributed by atoms with Gasteiger partial charge in [0.2, 0.25) is 0 Å². The van der Waals surface area contributed by atoms with Crippen molar-refractivity contribution in [1.29, 1.82) is 0 Å². The molecule has 2 spiro atoms. The fourth-order valence-corrected chi connectivity index (χ4v) is 14.2. The van der Waals surface area contributed by atoms with Crippen LogP contribution < -0.4 is 9.64 Å². The molecule has 1 heterocycles. The summed E-state index contributed by atoms with van der Waals surface area (Å²) in [6.07, 6.45) is 0. The van der Waals surface area contributed by atoms with Gasteiger partial charge >= 0.3 is 0 Å². The number of nitrogens with zero attached hydrogens (tertiary/aromatic N) is 1. The molecule has 0 amide bonds. The topological polar surface area (TPSA) is 12.5 Å². The summed E-state index contributed by atoms with van der Waals surface area (Å²) >= 11 is 0. The third kappa shape index (κ3) is 6.38. The molecular weight excluding hydrogens is 943 g/mol. The summed E-state index contributed by atoms with van der Waals surface area (Å²) < 4.78 is 7.52. The number of ether oxygens (including phenoxy) is 1. The molecule has 0 atom stereocenters. The van der Waals surface area contributed by atoms with E-state index < -0.39 is 10.8 Å². The summed E-state index contributed by atoms with van der Waals surface area (Å²) in [5, 5.41) is 0. The van der Waals surface area contributed by atoms with Gasteiger partial charge in [-0.05, 0) is 125 Å². The van der Waals surface area contributed by atoms with Crippen molar-refractivity contribution in [3.8, 4) is 67.1 Å². The number of para-hydroxylation sites is 4. The van der Waals surface area contributed by atoms with E-state index >= 15 is 0 Å². The first-order chi connectivity index (χ1) is 38.0. The van der Waals surface area contributed by atoms with Gasteiger partial charge in [0.15, 0.2) is 0 Å². The molecule has 0 unspecified atom stereocenters. The monoisotopic (exact) mass is 1000 g/mol. The molecule has 0 fully saturated rings. The minimum atomic E-state index is -0.668. The first kappa shape index (κ1) is 46.3. The number of hydrogen-bond acceptors (Lipinski definition) is 2. The smallest absolute Gasteiger partial charge is 0.140 e. The van der Waals surface area contributed by atoms with Crippen molar-refractivity contribution in [3.05, 3.63) is 304 Å². The van der Waals surface area contributed by atoms with Crippen LogP contribution in [0.25, 0.3) is 55.6 Å². The molecule has 11 aromatic rings. The maximum absolute atomic E-state index is 7.52. The lowest BCUT2D eigenvalue weighted by Crippen LogP contribution is -2.33. The fourth-order valence-electron chi connectivity index (χ4n) is 14.2. The zero-order valence-corrected chi connectivity index (χ0v) is 45.0. The summed E-state index contributed by atoms with van der Waals surface area (Å²) in [7, 11) is 0. The second kappa shape index (κ2) is 16.8. The number of rotatable bonds is 5. The lowest BCUT2D eigenvalue weighted by Gasteiger charge is -2.41. The van der Waals surface area contributed by atoms with Crippen molar-refractivity contribution in [3.63, 3.8) is 0 Å². The van der Waals surface area contributed by atoms with Crippen LogP contribution in [0.3, 0.4) is 0 Å². The molecule has 4 aliphatic rings. The van der Waals surface area contributed by atoms with Crippen molar-refractivity contribution in [2.45, 2.75) is 63.2 Å². The Kier molecular flexibility index (Phi) is 9.95. The minimum absolute atomic E-state index is 0.0696. The molecule has 78 heavy (non-hydrogen) atoms. The second-order valence-electron chi connectivity index (χ2n) is 23.9. The van der Waals surface area contributed by atoms with Crippen molar-refractivity contribution in [1.82, 2.24) is 0 Å². The fraction of sp³-hybridized carbons (Fsp3) is 0.132. The first-order valence-electron chi connectivity index (χ1n) is 27.7. The summed E-state index contributed by atoms with van der Waals surface area (Å²) in [5.74, 6) is 1.76. The van der Waals surface area contributed by atoms with Gasteiger partial charge in [0.05, 0.1) is 22.2 Å². The molecule has 15 rings (SSSR count). The van der Waals surface area contributed by atoms with Gasteiger partial charge in [0, 0.05) is 33.5 Å². The van der Waals surface area contributed by atoms with E-state index in [9.17, 15) is 0 Å². The van der Waals surface area contributed by atoms with E-state index in [1.165, 1.54) is 83.5 Å². The highest BCUT2D eigenvalue weighted by Crippen LogP contribution is 2.66. The predicted molar refractivity (Wildman–Crippen MR) is 323 cm³/mol. The summed E-state index contributed by atoms with van der Waals surface area (Å²) in [6.45, 7) is 14.0. The van der Waals surface area contributed by atoms with Crippen molar-refractivity contribution in [2.75, 3.05) is 4.90 Å². The molecule has 0 saturated heterocycles. The Bertz CT molecular complexity index is 4150. The SMILES string of the molecule is CC(C)(C)c1ccc2c(c1)C1(c3ccccc3Oc3c(-c4ccccc4N(c4ccc5c(c4)C4(c6ccccc6-c6ccccc64)c4ccccc4-5)c4ccccc4-c4ccccc4)cccc31)c1cc(C(C)(C)C)ccc1-2. The Morgan fingerprint density at radius 1 is 0.295 bits per heavy atom. The van der Waals surface area contributed by atoms with Crippen LogP contribution in [0.15, 0.2) is 249 Å². The van der Waals surface area contributed by atoms with E-state index in [0.717, 1.165) is 56.4 Å². The standard InChI is InChI=1S/C76H59NO/c1-73(2,3)49-39-42-56-57-43-40-50(74(4,5)6)46-67(57)76(66(56)45-49)64-34-18-21-38-71(64)78-72-60(30-22-35-65(72)76)59-29-14-20-37-70(59)77(69-36-19-13-25-52(69)48-23-8-7-9-24-48)51-41-44-58-55-28-12-17-33-63(55)75(68(58)47-51)61-31-15-10-26-53(61)54-27-11-16-32-62(54)75/h7-47H,1-6H3. The number of anilines is 3. The van der Waals surface area contributed by atoms with Crippen LogP contribution in [-0.2, 0) is 21.7 Å². The summed E-state index contributed by atoms with van der Waals surface area (Å²) in [4.78, 5) is 2.53. The first-order valence-corrected chi connectivity index (χ1v) is 27.7. The lowest BCUT2D eigenvalue weighted by atomic mass is 9.64.